The lowest BCUT2D eigenvalue weighted by molar-refractivity contribution is -0.137. The van der Waals surface area contributed by atoms with Gasteiger partial charge >= 0.3 is 5.97 Å². The Bertz CT molecular complexity index is 744. The molecule has 3 heterocycles. The first-order valence-corrected chi connectivity index (χ1v) is 8.85. The maximum Gasteiger partial charge on any atom is 0.316 e. The molecule has 0 bridgehead atoms. The molecule has 0 atom stereocenters. The fourth-order valence-electron chi connectivity index (χ4n) is 2.30. The lowest BCUT2D eigenvalue weighted by atomic mass is 10.4. The molecule has 2 aromatic heterocycles. The number of thioether (sulfide) groups is 1. The fraction of sp³-hybridized carbons (Fsp3) is 0.571. The van der Waals surface area contributed by atoms with Crippen molar-refractivity contribution in [1.29, 1.82) is 0 Å². The molecule has 1 saturated heterocycles. The largest absolute Gasteiger partial charge is 0.468 e. The van der Waals surface area contributed by atoms with Crippen LogP contribution in [0.2, 0.25) is 0 Å². The van der Waals surface area contributed by atoms with Crippen LogP contribution in [-0.4, -0.2) is 75.7 Å². The normalized spacial score (nSPS) is 14.0. The van der Waals surface area contributed by atoms with Crippen molar-refractivity contribution in [3.05, 3.63) is 6.33 Å². The first-order valence-electron chi connectivity index (χ1n) is 7.87. The summed E-state index contributed by atoms with van der Waals surface area (Å²) in [5.41, 5.74) is 0. The molecule has 1 fully saturated rings. The molecule has 2 aromatic rings. The van der Waals surface area contributed by atoms with Gasteiger partial charge in [0.15, 0.2) is 0 Å². The second-order valence-corrected chi connectivity index (χ2v) is 6.60. The van der Waals surface area contributed by atoms with E-state index in [1.54, 1.807) is 0 Å². The highest BCUT2D eigenvalue weighted by molar-refractivity contribution is 7.99. The summed E-state index contributed by atoms with van der Waals surface area (Å²) >= 11 is 1.20. The SMILES string of the molecule is COC(=O)CSc1ncn(-c2nc(N(C)C)nc(N3CCCC3)n2)n1. The minimum Gasteiger partial charge on any atom is -0.468 e. The van der Waals surface area contributed by atoms with Gasteiger partial charge in [-0.2, -0.15) is 19.6 Å². The van der Waals surface area contributed by atoms with Gasteiger partial charge in [-0.05, 0) is 12.8 Å². The number of anilines is 2. The molecule has 0 aliphatic carbocycles. The Morgan fingerprint density at radius 2 is 1.96 bits per heavy atom. The smallest absolute Gasteiger partial charge is 0.316 e. The van der Waals surface area contributed by atoms with E-state index >= 15 is 0 Å². The molecule has 11 heteroatoms. The topological polar surface area (TPSA) is 102 Å². The van der Waals surface area contributed by atoms with Crippen LogP contribution in [0.15, 0.2) is 11.5 Å². The fourth-order valence-corrected chi connectivity index (χ4v) is 2.93. The lowest BCUT2D eigenvalue weighted by Crippen LogP contribution is -2.24. The van der Waals surface area contributed by atoms with Crippen molar-refractivity contribution in [2.75, 3.05) is 49.8 Å². The zero-order valence-electron chi connectivity index (χ0n) is 14.4. The minimum atomic E-state index is -0.326. The van der Waals surface area contributed by atoms with E-state index < -0.39 is 0 Å². The summed E-state index contributed by atoms with van der Waals surface area (Å²) in [5.74, 6) is 1.43. The third-order valence-electron chi connectivity index (χ3n) is 3.61. The molecule has 0 amide bonds. The second-order valence-electron chi connectivity index (χ2n) is 5.66. The quantitative estimate of drug-likeness (QED) is 0.528. The minimum absolute atomic E-state index is 0.152. The molecule has 0 saturated carbocycles. The van der Waals surface area contributed by atoms with Crippen LogP contribution in [0.25, 0.3) is 5.95 Å². The Hall–Kier alpha value is -2.43. The van der Waals surface area contributed by atoms with Crippen molar-refractivity contribution >= 4 is 29.6 Å². The van der Waals surface area contributed by atoms with Gasteiger partial charge in [-0.25, -0.2) is 4.98 Å². The van der Waals surface area contributed by atoms with Crippen LogP contribution in [0.3, 0.4) is 0 Å². The number of hydrogen-bond donors (Lipinski definition) is 0. The molecular formula is C14H20N8O2S. The summed E-state index contributed by atoms with van der Waals surface area (Å²) in [5, 5.41) is 4.78. The van der Waals surface area contributed by atoms with Crippen molar-refractivity contribution in [3.8, 4) is 5.95 Å². The van der Waals surface area contributed by atoms with E-state index in [1.165, 1.54) is 29.9 Å². The Morgan fingerprint density at radius 3 is 2.64 bits per heavy atom. The van der Waals surface area contributed by atoms with Gasteiger partial charge in [-0.3, -0.25) is 4.79 Å². The van der Waals surface area contributed by atoms with Crippen LogP contribution < -0.4 is 9.80 Å². The van der Waals surface area contributed by atoms with Crippen molar-refractivity contribution in [1.82, 2.24) is 29.7 Å². The number of hydrogen-bond acceptors (Lipinski definition) is 10. The van der Waals surface area contributed by atoms with Crippen LogP contribution in [-0.2, 0) is 9.53 Å². The van der Waals surface area contributed by atoms with E-state index in [-0.39, 0.29) is 11.7 Å². The Morgan fingerprint density at radius 1 is 1.24 bits per heavy atom. The molecule has 0 unspecified atom stereocenters. The van der Waals surface area contributed by atoms with Crippen molar-refractivity contribution in [3.63, 3.8) is 0 Å². The van der Waals surface area contributed by atoms with E-state index in [1.807, 2.05) is 19.0 Å². The van der Waals surface area contributed by atoms with Gasteiger partial charge in [0.05, 0.1) is 12.9 Å². The Balaban J connectivity index is 1.85. The van der Waals surface area contributed by atoms with Gasteiger partial charge in [0.25, 0.3) is 5.95 Å². The highest BCUT2D eigenvalue weighted by Gasteiger charge is 2.19. The summed E-state index contributed by atoms with van der Waals surface area (Å²) in [7, 11) is 5.11. The molecule has 1 aliphatic heterocycles. The van der Waals surface area contributed by atoms with Crippen LogP contribution in [0, 0.1) is 0 Å². The first kappa shape index (κ1) is 17.4. The zero-order valence-corrected chi connectivity index (χ0v) is 15.2. The maximum absolute atomic E-state index is 11.2. The molecule has 3 rings (SSSR count). The average molecular weight is 364 g/mol. The zero-order chi connectivity index (χ0) is 17.8. The summed E-state index contributed by atoms with van der Waals surface area (Å²) in [4.78, 5) is 32.9. The van der Waals surface area contributed by atoms with Crippen LogP contribution >= 0.6 is 11.8 Å². The molecule has 0 radical (unpaired) electrons. The molecule has 0 spiro atoms. The number of carbonyl (C=O) groups excluding carboxylic acids is 1. The number of carbonyl (C=O) groups is 1. The highest BCUT2D eigenvalue weighted by Crippen LogP contribution is 2.20. The van der Waals surface area contributed by atoms with Gasteiger partial charge in [0.1, 0.15) is 6.33 Å². The number of aromatic nitrogens is 6. The number of methoxy groups -OCH3 is 1. The summed E-state index contributed by atoms with van der Waals surface area (Å²) in [6.45, 7) is 1.88. The third kappa shape index (κ3) is 4.16. The molecule has 0 N–H and O–H groups in total. The Labute approximate surface area is 149 Å². The van der Waals surface area contributed by atoms with Gasteiger partial charge in [0.2, 0.25) is 17.1 Å². The predicted molar refractivity (Wildman–Crippen MR) is 93.3 cm³/mol. The molecular weight excluding hydrogens is 344 g/mol. The summed E-state index contributed by atoms with van der Waals surface area (Å²) < 4.78 is 6.11. The van der Waals surface area contributed by atoms with Crippen molar-refractivity contribution < 1.29 is 9.53 Å². The van der Waals surface area contributed by atoms with E-state index in [4.69, 9.17) is 0 Å². The maximum atomic E-state index is 11.2. The summed E-state index contributed by atoms with van der Waals surface area (Å²) in [6.07, 6.45) is 3.80. The molecule has 134 valence electrons. The van der Waals surface area contributed by atoms with Gasteiger partial charge in [-0.15, -0.1) is 5.10 Å². The van der Waals surface area contributed by atoms with Crippen LogP contribution in [0.5, 0.6) is 0 Å². The predicted octanol–water partition coefficient (Wildman–Crippen LogP) is 0.384. The lowest BCUT2D eigenvalue weighted by Gasteiger charge is -2.18. The number of ether oxygens (including phenoxy) is 1. The number of nitrogens with zero attached hydrogens (tertiary/aromatic N) is 8. The molecule has 25 heavy (non-hydrogen) atoms. The second kappa shape index (κ2) is 7.64. The molecule has 10 nitrogen and oxygen atoms in total. The highest BCUT2D eigenvalue weighted by atomic mass is 32.2. The monoisotopic (exact) mass is 364 g/mol. The number of rotatable bonds is 6. The van der Waals surface area contributed by atoms with E-state index in [0.717, 1.165) is 25.9 Å². The van der Waals surface area contributed by atoms with Gasteiger partial charge < -0.3 is 14.5 Å². The van der Waals surface area contributed by atoms with Crippen LogP contribution in [0.1, 0.15) is 12.8 Å². The molecule has 1 aliphatic rings. The third-order valence-corrected chi connectivity index (χ3v) is 4.44. The Kier molecular flexibility index (Phi) is 5.31. The van der Waals surface area contributed by atoms with Gasteiger partial charge in [-0.1, -0.05) is 11.8 Å². The first-order chi connectivity index (χ1) is 12.1. The van der Waals surface area contributed by atoms with Crippen molar-refractivity contribution in [2.45, 2.75) is 18.0 Å². The van der Waals surface area contributed by atoms with E-state index in [9.17, 15) is 4.79 Å². The average Bonchev–Trinajstić information content (AvgIpc) is 3.31. The standard InChI is InChI=1S/C14H20N8O2S/c1-20(2)11-16-12(21-6-4-5-7-21)18-13(17-11)22-9-15-14(19-22)25-8-10(23)24-3/h9H,4-8H2,1-3H3. The van der Waals surface area contributed by atoms with E-state index in [0.29, 0.717) is 23.0 Å². The summed E-state index contributed by atoms with van der Waals surface area (Å²) in [6, 6.07) is 0. The van der Waals surface area contributed by atoms with Gasteiger partial charge in [0, 0.05) is 27.2 Å². The number of esters is 1. The molecule has 0 aromatic carbocycles. The van der Waals surface area contributed by atoms with Crippen LogP contribution in [0.4, 0.5) is 11.9 Å². The van der Waals surface area contributed by atoms with E-state index in [2.05, 4.69) is 34.7 Å². The van der Waals surface area contributed by atoms with Crippen molar-refractivity contribution in [2.24, 2.45) is 0 Å².